The predicted octanol–water partition coefficient (Wildman–Crippen LogP) is 3.18. The third-order valence-corrected chi connectivity index (χ3v) is 6.32. The van der Waals surface area contributed by atoms with Crippen molar-refractivity contribution in [3.05, 3.63) is 65.7 Å². The third-order valence-electron chi connectivity index (χ3n) is 6.32. The third kappa shape index (κ3) is 13.5. The van der Waals surface area contributed by atoms with Crippen molar-refractivity contribution >= 4 is 24.0 Å². The van der Waals surface area contributed by atoms with E-state index in [-0.39, 0.29) is 25.0 Å². The highest BCUT2D eigenvalue weighted by atomic mass is 16.5. The second-order valence-electron chi connectivity index (χ2n) is 10.8. The second kappa shape index (κ2) is 18.3. The van der Waals surface area contributed by atoms with E-state index >= 15 is 0 Å². The summed E-state index contributed by atoms with van der Waals surface area (Å²) >= 11 is 0. The van der Waals surface area contributed by atoms with Gasteiger partial charge in [-0.25, -0.2) is 14.4 Å². The molecule has 0 saturated carbocycles. The summed E-state index contributed by atoms with van der Waals surface area (Å²) in [7, 11) is 0. The van der Waals surface area contributed by atoms with E-state index in [1.54, 1.807) is 43.0 Å². The molecule has 1 saturated heterocycles. The van der Waals surface area contributed by atoms with Crippen molar-refractivity contribution in [2.45, 2.75) is 52.8 Å². The zero-order chi connectivity index (χ0) is 31.8. The van der Waals surface area contributed by atoms with Gasteiger partial charge in [-0.3, -0.25) is 4.79 Å². The Morgan fingerprint density at radius 3 is 2.07 bits per heavy atom. The summed E-state index contributed by atoms with van der Waals surface area (Å²) in [6.07, 6.45) is -0.656. The number of carbonyl (C=O) groups is 4. The van der Waals surface area contributed by atoms with E-state index in [9.17, 15) is 24.3 Å². The van der Waals surface area contributed by atoms with Gasteiger partial charge in [0.1, 0.15) is 24.4 Å². The molecule has 0 aliphatic carbocycles. The van der Waals surface area contributed by atoms with Crippen LogP contribution in [0.3, 0.4) is 0 Å². The lowest BCUT2D eigenvalue weighted by atomic mass is 10.0. The van der Waals surface area contributed by atoms with Crippen LogP contribution in [0.4, 0.5) is 9.59 Å². The van der Waals surface area contributed by atoms with Gasteiger partial charge in [-0.2, -0.15) is 0 Å². The molecule has 1 fully saturated rings. The standard InChI is InChI=1S/C26H34N2O6.C5H10N2O2/c1-17(2)15-33-21-12-10-19(11-13-21)14-22(25(30)31)27-24(29)23(18(3)4)28-26(32)34-16-20-8-6-5-7-9-20;6-5(8)7-1-3-9-4-2-7/h5-13,17-18,22-23H,14-16H2,1-4H3,(H,27,29)(H,28,32)(H,30,31);1-4H2,(H2,6,8)/t22-,23-;/m0./s1. The Morgan fingerprint density at radius 2 is 1.56 bits per heavy atom. The lowest BCUT2D eigenvalue weighted by Gasteiger charge is -2.24. The van der Waals surface area contributed by atoms with Crippen molar-refractivity contribution in [3.63, 3.8) is 0 Å². The molecule has 0 spiro atoms. The summed E-state index contributed by atoms with van der Waals surface area (Å²) in [5.41, 5.74) is 6.55. The summed E-state index contributed by atoms with van der Waals surface area (Å²) in [6, 6.07) is 13.8. The largest absolute Gasteiger partial charge is 0.493 e. The van der Waals surface area contributed by atoms with Crippen LogP contribution >= 0.6 is 0 Å². The van der Waals surface area contributed by atoms with E-state index in [0.717, 1.165) is 11.1 Å². The van der Waals surface area contributed by atoms with E-state index in [1.165, 1.54) is 0 Å². The summed E-state index contributed by atoms with van der Waals surface area (Å²) in [4.78, 5) is 48.9. The first-order chi connectivity index (χ1) is 20.5. The highest BCUT2D eigenvalue weighted by Gasteiger charge is 2.29. The molecule has 1 aliphatic rings. The number of alkyl carbamates (subject to hydrolysis) is 1. The SMILES string of the molecule is CC(C)COc1ccc(C[C@H](NC(=O)[C@@H](NC(=O)OCc2ccccc2)C(C)C)C(=O)O)cc1.NC(=O)N1CCOCC1. The average Bonchev–Trinajstić information content (AvgIpc) is 2.99. The molecule has 5 N–H and O–H groups in total. The Morgan fingerprint density at radius 1 is 0.930 bits per heavy atom. The lowest BCUT2D eigenvalue weighted by Crippen LogP contribution is -2.54. The van der Waals surface area contributed by atoms with Crippen molar-refractivity contribution in [1.82, 2.24) is 15.5 Å². The van der Waals surface area contributed by atoms with E-state index in [2.05, 4.69) is 24.5 Å². The first-order valence-electron chi connectivity index (χ1n) is 14.3. The van der Waals surface area contributed by atoms with Crippen LogP contribution in [0.2, 0.25) is 0 Å². The van der Waals surface area contributed by atoms with Gasteiger partial charge >= 0.3 is 18.1 Å². The van der Waals surface area contributed by atoms with Gasteiger partial charge in [0.05, 0.1) is 19.8 Å². The first kappa shape index (κ1) is 34.9. The topological polar surface area (TPSA) is 170 Å². The number of hydrogen-bond donors (Lipinski definition) is 4. The molecule has 2 atom stereocenters. The lowest BCUT2D eigenvalue weighted by molar-refractivity contribution is -0.142. The first-order valence-corrected chi connectivity index (χ1v) is 14.3. The fourth-order valence-corrected chi connectivity index (χ4v) is 3.89. The van der Waals surface area contributed by atoms with Crippen LogP contribution in [0.1, 0.15) is 38.8 Å². The molecule has 1 aliphatic heterocycles. The molecule has 0 aromatic heterocycles. The van der Waals surface area contributed by atoms with Crippen LogP contribution in [0.5, 0.6) is 5.75 Å². The van der Waals surface area contributed by atoms with Crippen molar-refractivity contribution in [1.29, 1.82) is 0 Å². The number of rotatable bonds is 12. The van der Waals surface area contributed by atoms with Gasteiger partial charge in [0.25, 0.3) is 0 Å². The number of carboxylic acids is 1. The van der Waals surface area contributed by atoms with Crippen LogP contribution in [0.25, 0.3) is 0 Å². The van der Waals surface area contributed by atoms with Crippen LogP contribution in [0, 0.1) is 11.8 Å². The highest BCUT2D eigenvalue weighted by molar-refractivity contribution is 5.89. The Kier molecular flexibility index (Phi) is 14.8. The quantitative estimate of drug-likeness (QED) is 0.288. The number of benzene rings is 2. The van der Waals surface area contributed by atoms with Gasteiger partial charge in [-0.1, -0.05) is 70.2 Å². The fourth-order valence-electron chi connectivity index (χ4n) is 3.89. The van der Waals surface area contributed by atoms with Gasteiger partial charge < -0.3 is 40.6 Å². The Balaban J connectivity index is 0.000000609. The van der Waals surface area contributed by atoms with Gasteiger partial charge in [0.15, 0.2) is 0 Å². The number of nitrogens with two attached hydrogens (primary N) is 1. The summed E-state index contributed by atoms with van der Waals surface area (Å²) in [5.74, 6) is -0.939. The molecule has 12 nitrogen and oxygen atoms in total. The molecule has 4 amide bonds. The number of amides is 4. The number of ether oxygens (including phenoxy) is 3. The van der Waals surface area contributed by atoms with Crippen molar-refractivity contribution in [3.8, 4) is 5.75 Å². The average molecular weight is 601 g/mol. The van der Waals surface area contributed by atoms with E-state index < -0.39 is 30.1 Å². The normalized spacial score (nSPS) is 14.1. The van der Waals surface area contributed by atoms with Crippen LogP contribution in [-0.4, -0.2) is 79.0 Å². The van der Waals surface area contributed by atoms with Crippen molar-refractivity contribution < 1.29 is 38.5 Å². The molecule has 1 heterocycles. The minimum atomic E-state index is -1.16. The van der Waals surface area contributed by atoms with E-state index in [1.807, 2.05) is 30.3 Å². The minimum Gasteiger partial charge on any atom is -0.493 e. The van der Waals surface area contributed by atoms with Crippen LogP contribution in [-0.2, 0) is 32.1 Å². The van der Waals surface area contributed by atoms with Gasteiger partial charge in [0, 0.05) is 19.5 Å². The molecule has 3 rings (SSSR count). The zero-order valence-corrected chi connectivity index (χ0v) is 25.3. The number of nitrogens with one attached hydrogen (secondary N) is 2. The number of morpholine rings is 1. The molecule has 0 unspecified atom stereocenters. The summed E-state index contributed by atoms with van der Waals surface area (Å²) in [6.45, 7) is 10.8. The molecule has 43 heavy (non-hydrogen) atoms. The Labute approximate surface area is 252 Å². The zero-order valence-electron chi connectivity index (χ0n) is 25.3. The van der Waals surface area contributed by atoms with E-state index in [0.29, 0.717) is 44.6 Å². The maximum atomic E-state index is 12.8. The number of carbonyl (C=O) groups excluding carboxylic acids is 3. The molecular weight excluding hydrogens is 556 g/mol. The van der Waals surface area contributed by atoms with Gasteiger partial charge in [-0.05, 0) is 35.1 Å². The summed E-state index contributed by atoms with van der Waals surface area (Å²) in [5, 5.41) is 14.7. The number of hydrogen-bond acceptors (Lipinski definition) is 7. The molecule has 0 radical (unpaired) electrons. The number of nitrogens with zero attached hydrogens (tertiary/aromatic N) is 1. The van der Waals surface area contributed by atoms with E-state index in [4.69, 9.17) is 19.9 Å². The maximum absolute atomic E-state index is 12.8. The monoisotopic (exact) mass is 600 g/mol. The van der Waals surface area contributed by atoms with Crippen LogP contribution < -0.4 is 21.1 Å². The molecule has 2 aromatic carbocycles. The van der Waals surface area contributed by atoms with Crippen molar-refractivity contribution in [2.24, 2.45) is 17.6 Å². The fraction of sp³-hybridized carbons (Fsp3) is 0.484. The number of aliphatic carboxylic acids is 1. The van der Waals surface area contributed by atoms with Crippen molar-refractivity contribution in [2.75, 3.05) is 32.9 Å². The molecule has 236 valence electrons. The number of primary amides is 1. The Bertz CT molecular complexity index is 1150. The minimum absolute atomic E-state index is 0.0632. The Hall–Kier alpha value is -4.32. The highest BCUT2D eigenvalue weighted by Crippen LogP contribution is 2.15. The van der Waals surface area contributed by atoms with Crippen LogP contribution in [0.15, 0.2) is 54.6 Å². The molecule has 0 bridgehead atoms. The second-order valence-corrected chi connectivity index (χ2v) is 10.8. The molecule has 2 aromatic rings. The smallest absolute Gasteiger partial charge is 0.408 e. The number of urea groups is 1. The molecular formula is C31H44N4O8. The maximum Gasteiger partial charge on any atom is 0.408 e. The van der Waals surface area contributed by atoms with Gasteiger partial charge in [0.2, 0.25) is 5.91 Å². The summed E-state index contributed by atoms with van der Waals surface area (Å²) < 4.78 is 15.8. The number of carboxylic acid groups (broad SMARTS) is 1. The molecule has 12 heteroatoms. The van der Waals surface area contributed by atoms with Gasteiger partial charge in [-0.15, -0.1) is 0 Å². The predicted molar refractivity (Wildman–Crippen MR) is 160 cm³/mol.